The van der Waals surface area contributed by atoms with Gasteiger partial charge in [-0.05, 0) is 25.1 Å². The van der Waals surface area contributed by atoms with Crippen LogP contribution in [0.3, 0.4) is 0 Å². The Hall–Kier alpha value is -2.01. The lowest BCUT2D eigenvalue weighted by Gasteiger charge is -2.10. The predicted octanol–water partition coefficient (Wildman–Crippen LogP) is 3.23. The van der Waals surface area contributed by atoms with Crippen molar-refractivity contribution in [3.8, 4) is 5.75 Å². The first kappa shape index (κ1) is 13.4. The summed E-state index contributed by atoms with van der Waals surface area (Å²) in [6.45, 7) is 1.84. The Balaban J connectivity index is 2.25. The average Bonchev–Trinajstić information content (AvgIpc) is 2.38. The SMILES string of the molecule is CNc1cc(Nc2ccc(OC)c(Cl)c2)nc(C)n1. The van der Waals surface area contributed by atoms with Crippen molar-refractivity contribution in [2.45, 2.75) is 6.92 Å². The highest BCUT2D eigenvalue weighted by atomic mass is 35.5. The molecule has 0 amide bonds. The maximum Gasteiger partial charge on any atom is 0.137 e. The molecule has 0 fully saturated rings. The fourth-order valence-corrected chi connectivity index (χ4v) is 1.91. The van der Waals surface area contributed by atoms with E-state index in [2.05, 4.69) is 20.6 Å². The first-order chi connectivity index (χ1) is 9.12. The van der Waals surface area contributed by atoms with Crippen molar-refractivity contribution in [2.75, 3.05) is 24.8 Å². The first-order valence-electron chi connectivity index (χ1n) is 5.76. The summed E-state index contributed by atoms with van der Waals surface area (Å²) >= 11 is 6.08. The maximum absolute atomic E-state index is 6.08. The largest absolute Gasteiger partial charge is 0.495 e. The fraction of sp³-hybridized carbons (Fsp3) is 0.231. The zero-order chi connectivity index (χ0) is 13.8. The van der Waals surface area contributed by atoms with E-state index in [0.29, 0.717) is 22.4 Å². The smallest absolute Gasteiger partial charge is 0.137 e. The molecule has 0 saturated heterocycles. The molecule has 2 N–H and O–H groups in total. The van der Waals surface area contributed by atoms with Crippen LogP contribution in [0.1, 0.15) is 5.82 Å². The van der Waals surface area contributed by atoms with E-state index >= 15 is 0 Å². The molecule has 19 heavy (non-hydrogen) atoms. The van der Waals surface area contributed by atoms with Crippen molar-refractivity contribution in [3.05, 3.63) is 35.1 Å². The summed E-state index contributed by atoms with van der Waals surface area (Å²) in [7, 11) is 3.40. The monoisotopic (exact) mass is 278 g/mol. The third-order valence-electron chi connectivity index (χ3n) is 2.52. The van der Waals surface area contributed by atoms with Crippen LogP contribution in [0, 0.1) is 6.92 Å². The molecule has 100 valence electrons. The molecule has 0 spiro atoms. The summed E-state index contributed by atoms with van der Waals surface area (Å²) in [6.07, 6.45) is 0. The minimum absolute atomic E-state index is 0.548. The summed E-state index contributed by atoms with van der Waals surface area (Å²) < 4.78 is 5.11. The Morgan fingerprint density at radius 3 is 2.53 bits per heavy atom. The quantitative estimate of drug-likeness (QED) is 0.899. The second-order valence-electron chi connectivity index (χ2n) is 3.91. The molecular formula is C13H15ClN4O. The van der Waals surface area contributed by atoms with Crippen molar-refractivity contribution in [1.82, 2.24) is 9.97 Å². The van der Waals surface area contributed by atoms with Gasteiger partial charge in [-0.15, -0.1) is 0 Å². The summed E-state index contributed by atoms with van der Waals surface area (Å²) in [5.41, 5.74) is 0.839. The van der Waals surface area contributed by atoms with E-state index < -0.39 is 0 Å². The molecule has 2 aromatic rings. The van der Waals surface area contributed by atoms with Gasteiger partial charge < -0.3 is 15.4 Å². The molecule has 0 aliphatic heterocycles. The number of nitrogens with one attached hydrogen (secondary N) is 2. The highest BCUT2D eigenvalue weighted by molar-refractivity contribution is 6.32. The van der Waals surface area contributed by atoms with E-state index in [0.717, 1.165) is 11.5 Å². The van der Waals surface area contributed by atoms with Gasteiger partial charge in [0.05, 0.1) is 12.1 Å². The number of aryl methyl sites for hydroxylation is 1. The Morgan fingerprint density at radius 2 is 1.89 bits per heavy atom. The van der Waals surface area contributed by atoms with Crippen LogP contribution in [0.15, 0.2) is 24.3 Å². The Kier molecular flexibility index (Phi) is 4.06. The van der Waals surface area contributed by atoms with Gasteiger partial charge in [0.2, 0.25) is 0 Å². The van der Waals surface area contributed by atoms with Gasteiger partial charge in [0, 0.05) is 18.8 Å². The van der Waals surface area contributed by atoms with Crippen molar-refractivity contribution in [2.24, 2.45) is 0 Å². The number of hydrogen-bond acceptors (Lipinski definition) is 5. The van der Waals surface area contributed by atoms with Crippen LogP contribution in [0.25, 0.3) is 0 Å². The van der Waals surface area contributed by atoms with Gasteiger partial charge in [0.25, 0.3) is 0 Å². The topological polar surface area (TPSA) is 59.1 Å². The molecule has 0 bridgehead atoms. The van der Waals surface area contributed by atoms with E-state index in [-0.39, 0.29) is 0 Å². The molecule has 1 aromatic carbocycles. The van der Waals surface area contributed by atoms with Crippen LogP contribution >= 0.6 is 11.6 Å². The Bertz CT molecular complexity index is 589. The minimum Gasteiger partial charge on any atom is -0.495 e. The summed E-state index contributed by atoms with van der Waals surface area (Å²) in [5.74, 6) is 2.80. The lowest BCUT2D eigenvalue weighted by molar-refractivity contribution is 0.415. The number of rotatable bonds is 4. The van der Waals surface area contributed by atoms with Crippen LogP contribution in [0.2, 0.25) is 5.02 Å². The second kappa shape index (κ2) is 5.75. The summed E-state index contributed by atoms with van der Waals surface area (Å²) in [4.78, 5) is 8.54. The lowest BCUT2D eigenvalue weighted by Crippen LogP contribution is -2.01. The summed E-state index contributed by atoms with van der Waals surface area (Å²) in [5, 5.41) is 6.72. The molecular weight excluding hydrogens is 264 g/mol. The van der Waals surface area contributed by atoms with Crippen molar-refractivity contribution >= 4 is 28.9 Å². The fourth-order valence-electron chi connectivity index (χ4n) is 1.65. The third-order valence-corrected chi connectivity index (χ3v) is 2.81. The Morgan fingerprint density at radius 1 is 1.16 bits per heavy atom. The molecule has 1 aromatic heterocycles. The zero-order valence-electron chi connectivity index (χ0n) is 11.0. The number of methoxy groups -OCH3 is 1. The summed E-state index contributed by atoms with van der Waals surface area (Å²) in [6, 6.07) is 7.29. The molecule has 1 heterocycles. The van der Waals surface area contributed by atoms with E-state index in [4.69, 9.17) is 16.3 Å². The zero-order valence-corrected chi connectivity index (χ0v) is 11.7. The number of anilines is 3. The van der Waals surface area contributed by atoms with Crippen molar-refractivity contribution in [1.29, 1.82) is 0 Å². The van der Waals surface area contributed by atoms with E-state index in [1.54, 1.807) is 19.2 Å². The number of benzene rings is 1. The van der Waals surface area contributed by atoms with E-state index in [1.807, 2.05) is 26.1 Å². The number of ether oxygens (including phenoxy) is 1. The molecule has 5 nitrogen and oxygen atoms in total. The van der Waals surface area contributed by atoms with E-state index in [9.17, 15) is 0 Å². The molecule has 2 rings (SSSR count). The van der Waals surface area contributed by atoms with Crippen LogP contribution in [-0.2, 0) is 0 Å². The van der Waals surface area contributed by atoms with Gasteiger partial charge in [-0.3, -0.25) is 0 Å². The molecule has 0 atom stereocenters. The molecule has 0 radical (unpaired) electrons. The molecule has 0 saturated carbocycles. The number of hydrogen-bond donors (Lipinski definition) is 2. The van der Waals surface area contributed by atoms with E-state index in [1.165, 1.54) is 0 Å². The van der Waals surface area contributed by atoms with Crippen LogP contribution in [0.4, 0.5) is 17.3 Å². The highest BCUT2D eigenvalue weighted by Gasteiger charge is 2.04. The standard InChI is InChI=1S/C13H15ClN4O/c1-8-16-12(15-2)7-13(17-8)18-9-4-5-11(19-3)10(14)6-9/h4-7H,1-3H3,(H2,15,16,17,18). The van der Waals surface area contributed by atoms with Crippen molar-refractivity contribution in [3.63, 3.8) is 0 Å². The average molecular weight is 279 g/mol. The Labute approximate surface area is 117 Å². The van der Waals surface area contributed by atoms with Crippen LogP contribution in [-0.4, -0.2) is 24.1 Å². The molecule has 0 aliphatic rings. The van der Waals surface area contributed by atoms with Gasteiger partial charge in [-0.1, -0.05) is 11.6 Å². The van der Waals surface area contributed by atoms with Gasteiger partial charge >= 0.3 is 0 Å². The highest BCUT2D eigenvalue weighted by Crippen LogP contribution is 2.28. The third kappa shape index (κ3) is 3.26. The molecule has 0 unspecified atom stereocenters. The van der Waals surface area contributed by atoms with Crippen LogP contribution < -0.4 is 15.4 Å². The second-order valence-corrected chi connectivity index (χ2v) is 4.32. The molecule has 0 aliphatic carbocycles. The van der Waals surface area contributed by atoms with Gasteiger partial charge in [0.1, 0.15) is 23.2 Å². The first-order valence-corrected chi connectivity index (χ1v) is 6.14. The lowest BCUT2D eigenvalue weighted by atomic mass is 10.3. The van der Waals surface area contributed by atoms with Crippen LogP contribution in [0.5, 0.6) is 5.75 Å². The normalized spacial score (nSPS) is 10.1. The molecule has 6 heteroatoms. The van der Waals surface area contributed by atoms with Crippen molar-refractivity contribution < 1.29 is 4.74 Å². The van der Waals surface area contributed by atoms with Gasteiger partial charge in [-0.2, -0.15) is 0 Å². The number of nitrogens with zero attached hydrogens (tertiary/aromatic N) is 2. The minimum atomic E-state index is 0.548. The predicted molar refractivity (Wildman–Crippen MR) is 77.6 cm³/mol. The van der Waals surface area contributed by atoms with Gasteiger partial charge in [-0.25, -0.2) is 9.97 Å². The maximum atomic E-state index is 6.08. The number of halogens is 1. The number of aromatic nitrogens is 2. The van der Waals surface area contributed by atoms with Gasteiger partial charge in [0.15, 0.2) is 0 Å².